The van der Waals surface area contributed by atoms with Gasteiger partial charge in [-0.1, -0.05) is 0 Å². The fraction of sp³-hybridized carbons (Fsp3) is 0. The second kappa shape index (κ2) is 4.42. The molecule has 0 heterocycles. The Bertz CT molecular complexity index is 461. The summed E-state index contributed by atoms with van der Waals surface area (Å²) in [5, 5.41) is 59.2. The molecule has 0 aromatic carbocycles. The number of nitrogens with one attached hydrogen (secondary N) is 2. The highest BCUT2D eigenvalue weighted by molar-refractivity contribution is 6.77. The molecular formula is C7H7B2N3O4. The van der Waals surface area contributed by atoms with E-state index in [2.05, 4.69) is 0 Å². The molecule has 0 aromatic heterocycles. The number of hydrogen-bond donors (Lipinski definition) is 6. The zero-order chi connectivity index (χ0) is 12.5. The van der Waals surface area contributed by atoms with Crippen molar-refractivity contribution < 1.29 is 20.1 Å². The molecule has 1 aliphatic carbocycles. The van der Waals surface area contributed by atoms with Gasteiger partial charge in [0.1, 0.15) is 0 Å². The number of allylic oxidation sites excluding steroid dienone is 4. The summed E-state index contributed by atoms with van der Waals surface area (Å²) in [6.07, 6.45) is 0.944. The first-order valence-electron chi connectivity index (χ1n) is 4.16. The van der Waals surface area contributed by atoms with E-state index in [1.165, 1.54) is 0 Å². The van der Waals surface area contributed by atoms with Crippen LogP contribution in [-0.2, 0) is 0 Å². The number of nitriles is 1. The van der Waals surface area contributed by atoms with Crippen LogP contribution in [0.15, 0.2) is 22.6 Å². The number of hydrogen-bond acceptors (Lipinski definition) is 7. The van der Waals surface area contributed by atoms with E-state index in [1.54, 1.807) is 6.07 Å². The van der Waals surface area contributed by atoms with Crippen LogP contribution in [0, 0.1) is 22.1 Å². The van der Waals surface area contributed by atoms with Crippen LogP contribution >= 0.6 is 0 Å². The van der Waals surface area contributed by atoms with Gasteiger partial charge in [-0.3, -0.25) is 10.8 Å². The number of nitrogens with zero attached hydrogens (tertiary/aromatic N) is 1. The minimum atomic E-state index is -2.06. The minimum absolute atomic E-state index is 0.279. The summed E-state index contributed by atoms with van der Waals surface area (Å²) in [5.41, 5.74) is -2.20. The highest BCUT2D eigenvalue weighted by Gasteiger charge is 2.34. The quantitative estimate of drug-likeness (QED) is 0.230. The molecule has 0 radical (unpaired) electrons. The Morgan fingerprint density at radius 2 is 1.62 bits per heavy atom. The third-order valence-corrected chi connectivity index (χ3v) is 2.05. The second-order valence-corrected chi connectivity index (χ2v) is 3.04. The van der Waals surface area contributed by atoms with E-state index in [4.69, 9.17) is 36.2 Å². The summed E-state index contributed by atoms with van der Waals surface area (Å²) in [5.74, 6) is 0. The molecule has 1 rings (SSSR count). The molecule has 0 bridgehead atoms. The minimum Gasteiger partial charge on any atom is -0.423 e. The maximum absolute atomic E-state index is 8.95. The monoisotopic (exact) mass is 219 g/mol. The fourth-order valence-corrected chi connectivity index (χ4v) is 1.28. The lowest BCUT2D eigenvalue weighted by molar-refractivity contribution is 0.419. The Morgan fingerprint density at radius 3 is 2.00 bits per heavy atom. The van der Waals surface area contributed by atoms with Crippen molar-refractivity contribution in [1.82, 2.24) is 0 Å². The summed E-state index contributed by atoms with van der Waals surface area (Å²) in [7, 11) is -4.05. The predicted molar refractivity (Wildman–Crippen MR) is 56.6 cm³/mol. The molecule has 1 aliphatic rings. The van der Waals surface area contributed by atoms with Crippen molar-refractivity contribution in [3.63, 3.8) is 0 Å². The maximum atomic E-state index is 8.95. The average molecular weight is 219 g/mol. The summed E-state index contributed by atoms with van der Waals surface area (Å²) < 4.78 is 0. The van der Waals surface area contributed by atoms with Crippen molar-refractivity contribution in [3.05, 3.63) is 22.6 Å². The van der Waals surface area contributed by atoms with Crippen LogP contribution in [0.1, 0.15) is 0 Å². The van der Waals surface area contributed by atoms with E-state index < -0.39 is 31.1 Å². The van der Waals surface area contributed by atoms with Gasteiger partial charge in [-0.05, 0) is 6.08 Å². The molecule has 0 saturated heterocycles. The van der Waals surface area contributed by atoms with Crippen molar-refractivity contribution in [2.45, 2.75) is 0 Å². The van der Waals surface area contributed by atoms with E-state index in [9.17, 15) is 0 Å². The lowest BCUT2D eigenvalue weighted by atomic mass is 9.63. The Hall–Kier alpha value is -1.72. The van der Waals surface area contributed by atoms with Crippen LogP contribution in [0.25, 0.3) is 0 Å². The van der Waals surface area contributed by atoms with Crippen molar-refractivity contribution in [2.24, 2.45) is 0 Å². The second-order valence-electron chi connectivity index (χ2n) is 3.04. The Kier molecular flexibility index (Phi) is 3.41. The van der Waals surface area contributed by atoms with Gasteiger partial charge < -0.3 is 20.1 Å². The number of rotatable bonds is 2. The van der Waals surface area contributed by atoms with Crippen LogP contribution in [0.2, 0.25) is 0 Å². The van der Waals surface area contributed by atoms with Crippen LogP contribution in [0.4, 0.5) is 0 Å². The molecule has 0 unspecified atom stereocenters. The van der Waals surface area contributed by atoms with Crippen molar-refractivity contribution in [3.8, 4) is 6.07 Å². The van der Waals surface area contributed by atoms with Crippen molar-refractivity contribution >= 4 is 25.7 Å². The third kappa shape index (κ3) is 1.95. The van der Waals surface area contributed by atoms with Gasteiger partial charge in [-0.15, -0.1) is 0 Å². The van der Waals surface area contributed by atoms with E-state index >= 15 is 0 Å². The lowest BCUT2D eigenvalue weighted by Gasteiger charge is -2.18. The van der Waals surface area contributed by atoms with Crippen molar-refractivity contribution in [1.29, 1.82) is 16.1 Å². The predicted octanol–water partition coefficient (Wildman–Crippen LogP) is -2.19. The summed E-state index contributed by atoms with van der Waals surface area (Å²) in [6.45, 7) is 0. The molecule has 6 N–H and O–H groups in total. The molecule has 16 heavy (non-hydrogen) atoms. The maximum Gasteiger partial charge on any atom is 0.492 e. The topological polar surface area (TPSA) is 152 Å². The molecule has 7 nitrogen and oxygen atoms in total. The van der Waals surface area contributed by atoms with Gasteiger partial charge in [0.15, 0.2) is 0 Å². The Morgan fingerprint density at radius 1 is 1.06 bits per heavy atom. The molecule has 0 saturated carbocycles. The third-order valence-electron chi connectivity index (χ3n) is 2.05. The molecule has 0 aromatic rings. The molecule has 0 spiro atoms. The first-order chi connectivity index (χ1) is 7.40. The summed E-state index contributed by atoms with van der Waals surface area (Å²) >= 11 is 0. The zero-order valence-corrected chi connectivity index (χ0v) is 7.97. The largest absolute Gasteiger partial charge is 0.492 e. The van der Waals surface area contributed by atoms with Gasteiger partial charge in [-0.25, -0.2) is 0 Å². The van der Waals surface area contributed by atoms with E-state index in [1.807, 2.05) is 0 Å². The normalized spacial score (nSPS) is 15.8. The summed E-state index contributed by atoms with van der Waals surface area (Å²) in [6, 6.07) is 1.59. The Labute approximate surface area is 91.3 Å². The molecule has 0 fully saturated rings. The SMILES string of the molecule is N#CC1=C(B(O)O)C(=N)C(=N)C(B(O)O)=C1. The fourth-order valence-electron chi connectivity index (χ4n) is 1.28. The molecule has 0 atom stereocenters. The smallest absolute Gasteiger partial charge is 0.423 e. The highest BCUT2D eigenvalue weighted by Crippen LogP contribution is 2.20. The average Bonchev–Trinajstić information content (AvgIpc) is 2.20. The standard InChI is InChI=1S/C7H7B2N3O4/c10-2-3-1-4(8(13)14)6(11)7(12)5(3)9(15)16/h1,11-16H. The first kappa shape index (κ1) is 12.3. The van der Waals surface area contributed by atoms with Crippen LogP contribution < -0.4 is 0 Å². The first-order valence-corrected chi connectivity index (χ1v) is 4.16. The van der Waals surface area contributed by atoms with E-state index in [0.29, 0.717) is 0 Å². The van der Waals surface area contributed by atoms with Gasteiger partial charge in [-0.2, -0.15) is 5.26 Å². The van der Waals surface area contributed by atoms with Crippen LogP contribution in [-0.4, -0.2) is 45.8 Å². The van der Waals surface area contributed by atoms with Gasteiger partial charge in [0.25, 0.3) is 0 Å². The van der Waals surface area contributed by atoms with E-state index in [-0.39, 0.29) is 11.0 Å². The van der Waals surface area contributed by atoms with Gasteiger partial charge >= 0.3 is 14.2 Å². The summed E-state index contributed by atoms with van der Waals surface area (Å²) in [4.78, 5) is 0. The molecule has 0 aliphatic heterocycles. The molecule has 80 valence electrons. The molecular weight excluding hydrogens is 212 g/mol. The van der Waals surface area contributed by atoms with Crippen LogP contribution in [0.5, 0.6) is 0 Å². The van der Waals surface area contributed by atoms with E-state index in [0.717, 1.165) is 6.08 Å². The van der Waals surface area contributed by atoms with Gasteiger partial charge in [0.2, 0.25) is 0 Å². The zero-order valence-electron chi connectivity index (χ0n) is 7.97. The molecule has 9 heteroatoms. The van der Waals surface area contributed by atoms with Gasteiger partial charge in [0.05, 0.1) is 23.1 Å². The highest BCUT2D eigenvalue weighted by atomic mass is 16.4. The Balaban J connectivity index is 3.41. The van der Waals surface area contributed by atoms with Crippen molar-refractivity contribution in [2.75, 3.05) is 0 Å². The van der Waals surface area contributed by atoms with Gasteiger partial charge in [0, 0.05) is 10.9 Å². The molecule has 0 amide bonds. The lowest BCUT2D eigenvalue weighted by Crippen LogP contribution is -2.36. The van der Waals surface area contributed by atoms with Crippen LogP contribution in [0.3, 0.4) is 0 Å².